The Balaban J connectivity index is 1.69. The first-order valence-corrected chi connectivity index (χ1v) is 8.13. The van der Waals surface area contributed by atoms with Crippen LogP contribution in [0.15, 0.2) is 41.1 Å². The smallest absolute Gasteiger partial charge is 0.119 e. The topological polar surface area (TPSA) is 45.0 Å². The van der Waals surface area contributed by atoms with E-state index in [9.17, 15) is 0 Å². The Morgan fingerprint density at radius 3 is 3.00 bits per heavy atom. The molecule has 0 atom stereocenters. The SMILES string of the molecule is N#CCCCOc1cccc(CNCCc2ccsc2)c1. The summed E-state index contributed by atoms with van der Waals surface area (Å²) in [4.78, 5) is 0. The van der Waals surface area contributed by atoms with Crippen LogP contribution in [0.5, 0.6) is 5.75 Å². The number of rotatable bonds is 9. The molecule has 1 N–H and O–H groups in total. The minimum atomic E-state index is 0.545. The second-order valence-corrected chi connectivity index (χ2v) is 5.60. The van der Waals surface area contributed by atoms with Crippen LogP contribution in [0.3, 0.4) is 0 Å². The Bertz CT molecular complexity index is 560. The van der Waals surface area contributed by atoms with Crippen LogP contribution in [0, 0.1) is 11.3 Å². The van der Waals surface area contributed by atoms with E-state index in [1.165, 1.54) is 11.1 Å². The Kier molecular flexibility index (Phi) is 6.79. The van der Waals surface area contributed by atoms with Gasteiger partial charge in [-0.05, 0) is 59.5 Å². The van der Waals surface area contributed by atoms with Crippen LogP contribution >= 0.6 is 11.3 Å². The van der Waals surface area contributed by atoms with Crippen molar-refractivity contribution in [3.63, 3.8) is 0 Å². The molecule has 0 aliphatic carbocycles. The van der Waals surface area contributed by atoms with E-state index in [0.29, 0.717) is 13.0 Å². The molecular formula is C17H20N2OS. The van der Waals surface area contributed by atoms with Gasteiger partial charge in [-0.3, -0.25) is 0 Å². The number of unbranched alkanes of at least 4 members (excludes halogenated alkanes) is 1. The van der Waals surface area contributed by atoms with Gasteiger partial charge in [0.2, 0.25) is 0 Å². The van der Waals surface area contributed by atoms with E-state index >= 15 is 0 Å². The number of nitriles is 1. The minimum Gasteiger partial charge on any atom is -0.494 e. The molecule has 1 heterocycles. The van der Waals surface area contributed by atoms with Gasteiger partial charge in [-0.2, -0.15) is 16.6 Å². The maximum absolute atomic E-state index is 8.48. The predicted molar refractivity (Wildman–Crippen MR) is 86.5 cm³/mol. The van der Waals surface area contributed by atoms with E-state index in [1.807, 2.05) is 12.1 Å². The van der Waals surface area contributed by atoms with E-state index < -0.39 is 0 Å². The fourth-order valence-electron chi connectivity index (χ4n) is 1.99. The van der Waals surface area contributed by atoms with Gasteiger partial charge in [0.25, 0.3) is 0 Å². The van der Waals surface area contributed by atoms with Crippen LogP contribution in [-0.2, 0) is 13.0 Å². The molecule has 0 saturated carbocycles. The lowest BCUT2D eigenvalue weighted by molar-refractivity contribution is 0.312. The maximum Gasteiger partial charge on any atom is 0.119 e. The summed E-state index contributed by atoms with van der Waals surface area (Å²) < 4.78 is 5.64. The van der Waals surface area contributed by atoms with Crippen LogP contribution in [0.4, 0.5) is 0 Å². The van der Waals surface area contributed by atoms with Gasteiger partial charge in [0, 0.05) is 13.0 Å². The highest BCUT2D eigenvalue weighted by Crippen LogP contribution is 2.14. The summed E-state index contributed by atoms with van der Waals surface area (Å²) in [6, 6.07) is 12.4. The van der Waals surface area contributed by atoms with Crippen LogP contribution in [-0.4, -0.2) is 13.2 Å². The Morgan fingerprint density at radius 1 is 1.24 bits per heavy atom. The van der Waals surface area contributed by atoms with Gasteiger partial charge in [0.15, 0.2) is 0 Å². The molecule has 2 rings (SSSR count). The van der Waals surface area contributed by atoms with E-state index in [-0.39, 0.29) is 0 Å². The normalized spacial score (nSPS) is 10.2. The third kappa shape index (κ3) is 5.99. The maximum atomic E-state index is 8.48. The molecule has 4 heteroatoms. The minimum absolute atomic E-state index is 0.545. The number of hydrogen-bond acceptors (Lipinski definition) is 4. The van der Waals surface area contributed by atoms with Gasteiger partial charge in [0.1, 0.15) is 5.75 Å². The quantitative estimate of drug-likeness (QED) is 0.717. The molecule has 1 aromatic carbocycles. The van der Waals surface area contributed by atoms with Crippen molar-refractivity contribution in [1.82, 2.24) is 5.32 Å². The molecule has 0 amide bonds. The van der Waals surface area contributed by atoms with E-state index in [4.69, 9.17) is 10.00 Å². The summed E-state index contributed by atoms with van der Waals surface area (Å²) in [7, 11) is 0. The third-order valence-corrected chi connectivity index (χ3v) is 3.83. The van der Waals surface area contributed by atoms with Crippen LogP contribution in [0.2, 0.25) is 0 Å². The number of ether oxygens (including phenoxy) is 1. The number of thiophene rings is 1. The second-order valence-electron chi connectivity index (χ2n) is 4.82. The van der Waals surface area contributed by atoms with Gasteiger partial charge in [-0.15, -0.1) is 0 Å². The summed E-state index contributed by atoms with van der Waals surface area (Å²) in [5.41, 5.74) is 2.61. The van der Waals surface area contributed by atoms with Gasteiger partial charge in [-0.25, -0.2) is 0 Å². The number of nitrogens with zero attached hydrogens (tertiary/aromatic N) is 1. The van der Waals surface area contributed by atoms with E-state index in [2.05, 4.69) is 40.3 Å². The Morgan fingerprint density at radius 2 is 2.19 bits per heavy atom. The van der Waals surface area contributed by atoms with E-state index in [1.54, 1.807) is 11.3 Å². The fourth-order valence-corrected chi connectivity index (χ4v) is 2.69. The summed E-state index contributed by atoms with van der Waals surface area (Å²) in [5, 5.41) is 16.2. The molecule has 0 aliphatic heterocycles. The highest BCUT2D eigenvalue weighted by atomic mass is 32.1. The Labute approximate surface area is 130 Å². The van der Waals surface area contributed by atoms with Crippen molar-refractivity contribution in [2.75, 3.05) is 13.2 Å². The first-order valence-electron chi connectivity index (χ1n) is 7.19. The van der Waals surface area contributed by atoms with Gasteiger partial charge in [-0.1, -0.05) is 12.1 Å². The van der Waals surface area contributed by atoms with Gasteiger partial charge >= 0.3 is 0 Å². The largest absolute Gasteiger partial charge is 0.494 e. The molecule has 110 valence electrons. The van der Waals surface area contributed by atoms with Crippen molar-refractivity contribution in [3.05, 3.63) is 52.2 Å². The molecule has 0 unspecified atom stereocenters. The zero-order valence-corrected chi connectivity index (χ0v) is 12.9. The van der Waals surface area contributed by atoms with Crippen LogP contribution in [0.25, 0.3) is 0 Å². The van der Waals surface area contributed by atoms with Crippen molar-refractivity contribution in [1.29, 1.82) is 5.26 Å². The lowest BCUT2D eigenvalue weighted by atomic mass is 10.2. The zero-order chi connectivity index (χ0) is 14.8. The summed E-state index contributed by atoms with van der Waals surface area (Å²) in [5.74, 6) is 0.880. The molecule has 0 saturated heterocycles. The average Bonchev–Trinajstić information content (AvgIpc) is 3.02. The standard InChI is InChI=1S/C17H20N2OS/c18-8-1-2-10-20-17-5-3-4-16(12-17)13-19-9-6-15-7-11-21-14-15/h3-5,7,11-12,14,19H,1-2,6,9-10,13H2. The first kappa shape index (κ1) is 15.6. The molecule has 2 aromatic rings. The average molecular weight is 300 g/mol. The van der Waals surface area contributed by atoms with Crippen molar-refractivity contribution in [3.8, 4) is 11.8 Å². The summed E-state index contributed by atoms with van der Waals surface area (Å²) in [6.45, 7) is 2.42. The van der Waals surface area contributed by atoms with Crippen molar-refractivity contribution in [2.24, 2.45) is 0 Å². The first-order chi connectivity index (χ1) is 10.4. The van der Waals surface area contributed by atoms with Gasteiger partial charge < -0.3 is 10.1 Å². The molecule has 0 fully saturated rings. The van der Waals surface area contributed by atoms with Crippen molar-refractivity contribution < 1.29 is 4.74 Å². The number of benzene rings is 1. The molecule has 1 aromatic heterocycles. The molecule has 3 nitrogen and oxygen atoms in total. The zero-order valence-electron chi connectivity index (χ0n) is 12.0. The molecule has 0 aliphatic rings. The molecule has 0 spiro atoms. The predicted octanol–water partition coefficient (Wildman–Crippen LogP) is 3.76. The second kappa shape index (κ2) is 9.17. The van der Waals surface area contributed by atoms with E-state index in [0.717, 1.165) is 31.7 Å². The van der Waals surface area contributed by atoms with Crippen LogP contribution < -0.4 is 10.1 Å². The van der Waals surface area contributed by atoms with Crippen LogP contribution in [0.1, 0.15) is 24.0 Å². The molecular weight excluding hydrogens is 280 g/mol. The van der Waals surface area contributed by atoms with Crippen molar-refractivity contribution >= 4 is 11.3 Å². The number of hydrogen-bond donors (Lipinski definition) is 1. The lowest BCUT2D eigenvalue weighted by Gasteiger charge is -2.08. The Hall–Kier alpha value is -1.83. The molecule has 21 heavy (non-hydrogen) atoms. The number of nitrogens with one attached hydrogen (secondary N) is 1. The third-order valence-electron chi connectivity index (χ3n) is 3.10. The lowest BCUT2D eigenvalue weighted by Crippen LogP contribution is -2.16. The summed E-state index contributed by atoms with van der Waals surface area (Å²) >= 11 is 1.74. The molecule has 0 radical (unpaired) electrons. The highest BCUT2D eigenvalue weighted by Gasteiger charge is 1.98. The monoisotopic (exact) mass is 300 g/mol. The van der Waals surface area contributed by atoms with Crippen molar-refractivity contribution in [2.45, 2.75) is 25.8 Å². The molecule has 0 bridgehead atoms. The fraction of sp³-hybridized carbons (Fsp3) is 0.353. The van der Waals surface area contributed by atoms with Gasteiger partial charge in [0.05, 0.1) is 12.7 Å². The highest BCUT2D eigenvalue weighted by molar-refractivity contribution is 7.07. The summed E-state index contributed by atoms with van der Waals surface area (Å²) in [6.07, 6.45) is 2.39.